The van der Waals surface area contributed by atoms with Crippen molar-refractivity contribution in [2.24, 2.45) is 0 Å². The Balaban J connectivity index is 2.55. The number of ether oxygens (including phenoxy) is 1. The lowest BCUT2D eigenvalue weighted by molar-refractivity contribution is 0.181. The van der Waals surface area contributed by atoms with Crippen molar-refractivity contribution in [1.29, 1.82) is 0 Å². The van der Waals surface area contributed by atoms with Crippen LogP contribution < -0.4 is 5.32 Å². The highest BCUT2D eigenvalue weighted by Gasteiger charge is 2.13. The Morgan fingerprint density at radius 1 is 1.25 bits per heavy atom. The van der Waals surface area contributed by atoms with Gasteiger partial charge in [0.2, 0.25) is 0 Å². The normalized spacial score (nSPS) is 10.7. The summed E-state index contributed by atoms with van der Waals surface area (Å²) in [7, 11) is 3.51. The minimum Gasteiger partial charge on any atom is -0.378 e. The number of halogens is 3. The van der Waals surface area contributed by atoms with Gasteiger partial charge in [-0.15, -0.1) is 0 Å². The number of hydrogen-bond acceptors (Lipinski definition) is 4. The zero-order valence-electron chi connectivity index (χ0n) is 10.9. The molecule has 0 spiro atoms. The molecule has 0 aliphatic carbocycles. The Labute approximate surface area is 148 Å². The third kappa shape index (κ3) is 3.49. The molecule has 2 aromatic rings. The second-order valence-corrected chi connectivity index (χ2v) is 6.76. The number of aromatic nitrogens is 2. The van der Waals surface area contributed by atoms with E-state index in [0.29, 0.717) is 12.4 Å². The second kappa shape index (κ2) is 7.15. The Kier molecular flexibility index (Phi) is 5.76. The Hall–Kier alpha value is -0.250. The minimum atomic E-state index is 0.459. The molecule has 106 valence electrons. The van der Waals surface area contributed by atoms with Crippen LogP contribution in [0, 0.1) is 3.57 Å². The summed E-state index contributed by atoms with van der Waals surface area (Å²) in [6.07, 6.45) is 0. The summed E-state index contributed by atoms with van der Waals surface area (Å²) >= 11 is 9.19. The largest absolute Gasteiger partial charge is 0.378 e. The average molecular weight is 513 g/mol. The van der Waals surface area contributed by atoms with Crippen LogP contribution in [0.15, 0.2) is 27.1 Å². The van der Waals surface area contributed by atoms with Gasteiger partial charge in [-0.2, -0.15) is 0 Å². The van der Waals surface area contributed by atoms with Crippen LogP contribution in [-0.4, -0.2) is 24.1 Å². The van der Waals surface area contributed by atoms with E-state index >= 15 is 0 Å². The van der Waals surface area contributed by atoms with Gasteiger partial charge in [0.1, 0.15) is 5.82 Å². The highest BCUT2D eigenvalue weighted by molar-refractivity contribution is 14.1. The number of hydrogen-bond donors (Lipinski definition) is 1. The summed E-state index contributed by atoms with van der Waals surface area (Å²) in [5.41, 5.74) is 1.83. The van der Waals surface area contributed by atoms with Crippen LogP contribution in [0.2, 0.25) is 0 Å². The molecule has 0 atom stereocenters. The number of methoxy groups -OCH3 is 1. The molecule has 0 unspecified atom stereocenters. The lowest BCUT2D eigenvalue weighted by Gasteiger charge is -2.11. The first-order chi connectivity index (χ1) is 9.56. The zero-order valence-corrected chi connectivity index (χ0v) is 16.2. The molecule has 20 heavy (non-hydrogen) atoms. The fourth-order valence-electron chi connectivity index (χ4n) is 1.66. The summed E-state index contributed by atoms with van der Waals surface area (Å²) in [5.74, 6) is 1.48. The van der Waals surface area contributed by atoms with E-state index in [-0.39, 0.29) is 0 Å². The van der Waals surface area contributed by atoms with Crippen LogP contribution >= 0.6 is 54.5 Å². The first kappa shape index (κ1) is 16.1. The molecule has 0 bridgehead atoms. The van der Waals surface area contributed by atoms with Crippen LogP contribution in [0.4, 0.5) is 5.82 Å². The van der Waals surface area contributed by atoms with E-state index in [1.54, 1.807) is 7.11 Å². The topological polar surface area (TPSA) is 47.0 Å². The Bertz CT molecular complexity index is 637. The van der Waals surface area contributed by atoms with Crippen LogP contribution in [0.25, 0.3) is 11.4 Å². The van der Waals surface area contributed by atoms with E-state index in [0.717, 1.165) is 29.6 Å². The number of nitrogens with zero attached hydrogens (tertiary/aromatic N) is 2. The van der Waals surface area contributed by atoms with Crippen molar-refractivity contribution in [1.82, 2.24) is 9.97 Å². The number of benzene rings is 1. The zero-order chi connectivity index (χ0) is 14.7. The molecule has 4 nitrogen and oxygen atoms in total. The SMILES string of the molecule is CNc1nc(-c2ccc(Br)c(Br)c2)nc(COC)c1I. The third-order valence-electron chi connectivity index (χ3n) is 2.62. The predicted molar refractivity (Wildman–Crippen MR) is 95.8 cm³/mol. The van der Waals surface area contributed by atoms with Crippen LogP contribution in [0.3, 0.4) is 0 Å². The van der Waals surface area contributed by atoms with Crippen LogP contribution in [-0.2, 0) is 11.3 Å². The smallest absolute Gasteiger partial charge is 0.161 e. The van der Waals surface area contributed by atoms with E-state index in [1.165, 1.54) is 0 Å². The highest BCUT2D eigenvalue weighted by atomic mass is 127. The predicted octanol–water partition coefficient (Wildman–Crippen LogP) is 4.46. The van der Waals surface area contributed by atoms with Crippen molar-refractivity contribution in [3.8, 4) is 11.4 Å². The van der Waals surface area contributed by atoms with Gasteiger partial charge >= 0.3 is 0 Å². The van der Waals surface area contributed by atoms with Crippen molar-refractivity contribution in [2.75, 3.05) is 19.5 Å². The van der Waals surface area contributed by atoms with Crippen molar-refractivity contribution in [2.45, 2.75) is 6.61 Å². The molecular weight excluding hydrogens is 501 g/mol. The van der Waals surface area contributed by atoms with E-state index in [9.17, 15) is 0 Å². The van der Waals surface area contributed by atoms with E-state index in [1.807, 2.05) is 25.2 Å². The summed E-state index contributed by atoms with van der Waals surface area (Å²) in [6.45, 7) is 0.459. The van der Waals surface area contributed by atoms with Crippen molar-refractivity contribution in [3.63, 3.8) is 0 Å². The molecule has 7 heteroatoms. The Morgan fingerprint density at radius 2 is 2.00 bits per heavy atom. The Morgan fingerprint density at radius 3 is 2.60 bits per heavy atom. The summed E-state index contributed by atoms with van der Waals surface area (Å²) in [5, 5.41) is 3.10. The highest BCUT2D eigenvalue weighted by Crippen LogP contribution is 2.29. The van der Waals surface area contributed by atoms with Crippen LogP contribution in [0.5, 0.6) is 0 Å². The number of nitrogens with one attached hydrogen (secondary N) is 1. The molecule has 0 saturated heterocycles. The monoisotopic (exact) mass is 511 g/mol. The van der Waals surface area contributed by atoms with Gasteiger partial charge in [0.15, 0.2) is 5.82 Å². The van der Waals surface area contributed by atoms with Gasteiger partial charge in [-0.3, -0.25) is 0 Å². The summed E-state index contributed by atoms with van der Waals surface area (Å²) in [4.78, 5) is 9.15. The van der Waals surface area contributed by atoms with Crippen LogP contribution in [0.1, 0.15) is 5.69 Å². The van der Waals surface area contributed by atoms with Crippen molar-refractivity contribution in [3.05, 3.63) is 36.4 Å². The van der Waals surface area contributed by atoms with E-state index in [2.05, 4.69) is 69.7 Å². The van der Waals surface area contributed by atoms with Gasteiger partial charge in [-0.05, 0) is 72.6 Å². The number of rotatable bonds is 4. The van der Waals surface area contributed by atoms with Gasteiger partial charge < -0.3 is 10.1 Å². The molecule has 0 saturated carbocycles. The molecule has 0 aliphatic heterocycles. The summed E-state index contributed by atoms with van der Waals surface area (Å²) < 4.78 is 8.15. The molecule has 0 amide bonds. The fraction of sp³-hybridized carbons (Fsp3) is 0.231. The molecule has 1 N–H and O–H groups in total. The van der Waals surface area contributed by atoms with Crippen molar-refractivity contribution >= 4 is 60.3 Å². The average Bonchev–Trinajstić information content (AvgIpc) is 2.44. The maximum absolute atomic E-state index is 5.20. The second-order valence-electron chi connectivity index (χ2n) is 3.97. The first-order valence-electron chi connectivity index (χ1n) is 5.75. The van der Waals surface area contributed by atoms with Gasteiger partial charge in [0.05, 0.1) is 15.9 Å². The molecular formula is C13H12Br2IN3O. The van der Waals surface area contributed by atoms with Crippen molar-refractivity contribution < 1.29 is 4.74 Å². The molecule has 2 rings (SSSR count). The minimum absolute atomic E-state index is 0.459. The van der Waals surface area contributed by atoms with Gasteiger partial charge in [-0.25, -0.2) is 9.97 Å². The number of anilines is 1. The quantitative estimate of drug-likeness (QED) is 0.614. The molecule has 0 fully saturated rings. The molecule has 1 aromatic carbocycles. The van der Waals surface area contributed by atoms with E-state index in [4.69, 9.17) is 4.74 Å². The van der Waals surface area contributed by atoms with Gasteiger partial charge in [0.25, 0.3) is 0 Å². The van der Waals surface area contributed by atoms with Gasteiger partial charge in [-0.1, -0.05) is 0 Å². The standard InChI is InChI=1S/C13H12Br2IN3O/c1-17-13-11(16)10(6-20-2)18-12(19-13)7-3-4-8(14)9(15)5-7/h3-5H,6H2,1-2H3,(H,17,18,19). The molecule has 1 heterocycles. The maximum atomic E-state index is 5.20. The molecule has 0 aliphatic rings. The van der Waals surface area contributed by atoms with E-state index < -0.39 is 0 Å². The summed E-state index contributed by atoms with van der Waals surface area (Å²) in [6, 6.07) is 5.94. The van der Waals surface area contributed by atoms with Gasteiger partial charge in [0, 0.05) is 28.7 Å². The lowest BCUT2D eigenvalue weighted by Crippen LogP contribution is -2.06. The maximum Gasteiger partial charge on any atom is 0.161 e. The fourth-order valence-corrected chi connectivity index (χ4v) is 2.95. The first-order valence-corrected chi connectivity index (χ1v) is 8.41. The molecule has 0 radical (unpaired) electrons. The lowest BCUT2D eigenvalue weighted by atomic mass is 10.2. The third-order valence-corrected chi connectivity index (χ3v) is 5.63. The molecule has 1 aromatic heterocycles.